The number of carbonyl (C=O) groups is 2. The van der Waals surface area contributed by atoms with Gasteiger partial charge in [-0.2, -0.15) is 0 Å². The smallest absolute Gasteiger partial charge is 0.244 e. The maximum Gasteiger partial charge on any atom is 0.244 e. The van der Waals surface area contributed by atoms with Crippen LogP contribution in [0.3, 0.4) is 0 Å². The molecule has 0 unspecified atom stereocenters. The summed E-state index contributed by atoms with van der Waals surface area (Å²) < 4.78 is 27.3. The molecule has 0 saturated heterocycles. The lowest BCUT2D eigenvalue weighted by Crippen LogP contribution is -2.52. The highest BCUT2D eigenvalue weighted by Gasteiger charge is 2.30. The fourth-order valence-corrected chi connectivity index (χ4v) is 4.59. The predicted molar refractivity (Wildman–Crippen MR) is 145 cm³/mol. The van der Waals surface area contributed by atoms with Crippen molar-refractivity contribution in [3.8, 4) is 0 Å². The molecule has 2 amide bonds. The van der Waals surface area contributed by atoms with Crippen LogP contribution in [0.5, 0.6) is 0 Å². The number of halogens is 1. The number of carbonyl (C=O) groups excluding carboxylic acids is 2. The van der Waals surface area contributed by atoms with Crippen LogP contribution in [-0.2, 0) is 26.2 Å². The molecule has 0 aliphatic carbocycles. The zero-order valence-corrected chi connectivity index (χ0v) is 23.7. The molecule has 2 atom stereocenters. The second-order valence-electron chi connectivity index (χ2n) is 9.16. The molecule has 0 aromatic heterocycles. The Morgan fingerprint density at radius 2 is 1.54 bits per heavy atom. The summed E-state index contributed by atoms with van der Waals surface area (Å²) in [5.74, 6) is -0.446. The van der Waals surface area contributed by atoms with Crippen LogP contribution < -0.4 is 9.62 Å². The summed E-state index contributed by atoms with van der Waals surface area (Å²) >= 11 is 3.40. The van der Waals surface area contributed by atoms with Gasteiger partial charge in [-0.25, -0.2) is 8.42 Å². The highest BCUT2D eigenvalue weighted by Crippen LogP contribution is 2.23. The molecule has 9 heteroatoms. The molecule has 0 fully saturated rings. The molecule has 0 bridgehead atoms. The Labute approximate surface area is 218 Å². The molecule has 0 heterocycles. The van der Waals surface area contributed by atoms with Crippen molar-refractivity contribution in [3.05, 3.63) is 64.1 Å². The molecule has 2 rings (SSSR count). The van der Waals surface area contributed by atoms with Gasteiger partial charge < -0.3 is 10.2 Å². The maximum atomic E-state index is 13.6. The van der Waals surface area contributed by atoms with Gasteiger partial charge in [-0.1, -0.05) is 61.0 Å². The maximum absolute atomic E-state index is 13.6. The molecule has 192 valence electrons. The lowest BCUT2D eigenvalue weighted by Gasteiger charge is -2.32. The topological polar surface area (TPSA) is 86.8 Å². The second-order valence-corrected chi connectivity index (χ2v) is 12.0. The van der Waals surface area contributed by atoms with Crippen LogP contribution >= 0.6 is 15.9 Å². The number of sulfonamides is 1. The average Bonchev–Trinajstić information content (AvgIpc) is 2.80. The summed E-state index contributed by atoms with van der Waals surface area (Å²) in [5.41, 5.74) is 2.31. The minimum absolute atomic E-state index is 0.0402. The lowest BCUT2D eigenvalue weighted by molar-refractivity contribution is -0.139. The van der Waals surface area contributed by atoms with Crippen molar-refractivity contribution in [1.29, 1.82) is 0 Å². The minimum Gasteiger partial charge on any atom is -0.352 e. The van der Waals surface area contributed by atoms with Crippen LogP contribution in [0, 0.1) is 0 Å². The Morgan fingerprint density at radius 3 is 2.03 bits per heavy atom. The van der Waals surface area contributed by atoms with Crippen molar-refractivity contribution in [1.82, 2.24) is 10.2 Å². The summed E-state index contributed by atoms with van der Waals surface area (Å²) in [4.78, 5) is 27.9. The van der Waals surface area contributed by atoms with E-state index in [1.54, 1.807) is 19.1 Å². The van der Waals surface area contributed by atoms with E-state index in [-0.39, 0.29) is 18.5 Å². The molecule has 0 radical (unpaired) electrons. The fourth-order valence-electron chi connectivity index (χ4n) is 3.47. The quantitative estimate of drug-likeness (QED) is 0.429. The lowest BCUT2D eigenvalue weighted by atomic mass is 10.0. The molecule has 7 nitrogen and oxygen atoms in total. The minimum atomic E-state index is -3.75. The normalized spacial score (nSPS) is 13.3. The van der Waals surface area contributed by atoms with Gasteiger partial charge in [0.05, 0.1) is 11.9 Å². The van der Waals surface area contributed by atoms with Crippen LogP contribution in [0.25, 0.3) is 0 Å². The van der Waals surface area contributed by atoms with Crippen molar-refractivity contribution in [2.75, 3.05) is 17.1 Å². The van der Waals surface area contributed by atoms with E-state index < -0.39 is 28.5 Å². The van der Waals surface area contributed by atoms with Gasteiger partial charge >= 0.3 is 0 Å². The highest BCUT2D eigenvalue weighted by atomic mass is 79.9. The molecule has 0 saturated carbocycles. The molecule has 0 spiro atoms. The molecule has 1 N–H and O–H groups in total. The van der Waals surface area contributed by atoms with Crippen LogP contribution in [0.2, 0.25) is 0 Å². The zero-order valence-electron chi connectivity index (χ0n) is 21.3. The van der Waals surface area contributed by atoms with Crippen molar-refractivity contribution in [2.45, 2.75) is 65.6 Å². The molecule has 35 heavy (non-hydrogen) atoms. The van der Waals surface area contributed by atoms with E-state index >= 15 is 0 Å². The third-order valence-electron chi connectivity index (χ3n) is 5.96. The summed E-state index contributed by atoms with van der Waals surface area (Å²) in [5, 5.41) is 2.92. The first-order valence-corrected chi connectivity index (χ1v) is 14.4. The zero-order chi connectivity index (χ0) is 26.3. The van der Waals surface area contributed by atoms with E-state index in [1.165, 1.54) is 4.90 Å². The van der Waals surface area contributed by atoms with Gasteiger partial charge in [0.1, 0.15) is 12.6 Å². The number of benzene rings is 2. The number of rotatable bonds is 11. The largest absolute Gasteiger partial charge is 0.352 e. The van der Waals surface area contributed by atoms with Gasteiger partial charge in [0.15, 0.2) is 0 Å². The van der Waals surface area contributed by atoms with Crippen molar-refractivity contribution in [3.63, 3.8) is 0 Å². The van der Waals surface area contributed by atoms with Crippen LogP contribution in [0.15, 0.2) is 53.0 Å². The summed E-state index contributed by atoms with van der Waals surface area (Å²) in [6, 6.07) is 13.8. The third-order valence-corrected chi connectivity index (χ3v) is 7.63. The average molecular weight is 567 g/mol. The summed E-state index contributed by atoms with van der Waals surface area (Å²) in [7, 11) is -3.75. The molecule has 2 aromatic carbocycles. The summed E-state index contributed by atoms with van der Waals surface area (Å²) in [6.45, 7) is 9.41. The molecular formula is C26H36BrN3O4S. The number of hydrogen-bond donors (Lipinski definition) is 1. The standard InChI is InChI=1S/C26H36BrN3O4S/c1-7-19(4)28-26(32)20(5)29(16-21-8-12-23(27)13-9-21)25(31)17-30(35(6,33)34)24-14-10-22(11-15-24)18(2)3/h8-15,18-20H,7,16-17H2,1-6H3,(H,28,32)/t19-,20+/m1/s1. The van der Waals surface area contributed by atoms with Crippen molar-refractivity contribution < 1.29 is 18.0 Å². The number of hydrogen-bond acceptors (Lipinski definition) is 4. The first-order valence-electron chi connectivity index (χ1n) is 11.7. The van der Waals surface area contributed by atoms with E-state index in [0.29, 0.717) is 11.6 Å². The number of nitrogens with one attached hydrogen (secondary N) is 1. The van der Waals surface area contributed by atoms with Crippen LogP contribution in [0.1, 0.15) is 58.1 Å². The highest BCUT2D eigenvalue weighted by molar-refractivity contribution is 9.10. The predicted octanol–water partition coefficient (Wildman–Crippen LogP) is 4.67. The SMILES string of the molecule is CC[C@@H](C)NC(=O)[C@H](C)N(Cc1ccc(Br)cc1)C(=O)CN(c1ccc(C(C)C)cc1)S(C)(=O)=O. The molecular weight excluding hydrogens is 530 g/mol. The first kappa shape index (κ1) is 28.8. The Hall–Kier alpha value is -2.39. The van der Waals surface area contributed by atoms with Crippen molar-refractivity contribution in [2.24, 2.45) is 0 Å². The van der Waals surface area contributed by atoms with Crippen LogP contribution in [0.4, 0.5) is 5.69 Å². The molecule has 0 aliphatic rings. The van der Waals surface area contributed by atoms with Gasteiger partial charge in [0, 0.05) is 17.1 Å². The molecule has 0 aliphatic heterocycles. The van der Waals surface area contributed by atoms with Gasteiger partial charge in [-0.05, 0) is 61.6 Å². The van der Waals surface area contributed by atoms with Gasteiger partial charge in [-0.15, -0.1) is 0 Å². The van der Waals surface area contributed by atoms with E-state index in [0.717, 1.165) is 32.6 Å². The van der Waals surface area contributed by atoms with Gasteiger partial charge in [-0.3, -0.25) is 13.9 Å². The second kappa shape index (κ2) is 12.5. The van der Waals surface area contributed by atoms with Gasteiger partial charge in [0.25, 0.3) is 0 Å². The van der Waals surface area contributed by atoms with E-state index in [4.69, 9.17) is 0 Å². The third kappa shape index (κ3) is 8.35. The van der Waals surface area contributed by atoms with E-state index in [2.05, 4.69) is 35.1 Å². The Kier molecular flexibility index (Phi) is 10.3. The van der Waals surface area contributed by atoms with Gasteiger partial charge in [0.2, 0.25) is 21.8 Å². The monoisotopic (exact) mass is 565 g/mol. The van der Waals surface area contributed by atoms with Crippen LogP contribution in [-0.4, -0.2) is 50.0 Å². The fraction of sp³-hybridized carbons (Fsp3) is 0.462. The van der Waals surface area contributed by atoms with Crippen molar-refractivity contribution >= 4 is 43.5 Å². The van der Waals surface area contributed by atoms with E-state index in [9.17, 15) is 18.0 Å². The Morgan fingerprint density at radius 1 is 0.971 bits per heavy atom. The Balaban J connectivity index is 2.37. The number of amides is 2. The first-order chi connectivity index (χ1) is 16.3. The summed E-state index contributed by atoms with van der Waals surface area (Å²) in [6.07, 6.45) is 1.84. The van der Waals surface area contributed by atoms with E-state index in [1.807, 2.05) is 50.2 Å². The molecule has 2 aromatic rings. The Bertz CT molecular complexity index is 1100. The number of nitrogens with zero attached hydrogens (tertiary/aromatic N) is 2. The number of anilines is 1.